The maximum Gasteiger partial charge on any atom is 0.302 e. The third-order valence-corrected chi connectivity index (χ3v) is 6.60. The van der Waals surface area contributed by atoms with E-state index in [4.69, 9.17) is 9.47 Å². The Kier molecular flexibility index (Phi) is 15.1. The third kappa shape index (κ3) is 13.3. The largest absolute Gasteiger partial charge is 0.494 e. The molecule has 5 heteroatoms. The summed E-state index contributed by atoms with van der Waals surface area (Å²) < 4.78 is 11.0. The number of hydrogen-bond donors (Lipinski definition) is 0. The van der Waals surface area contributed by atoms with Crippen LogP contribution in [0.4, 0.5) is 5.69 Å². The molecule has 0 aliphatic carbocycles. The Bertz CT molecular complexity index is 892. The highest BCUT2D eigenvalue weighted by atomic mass is 16.5. The number of rotatable bonds is 19. The summed E-state index contributed by atoms with van der Waals surface area (Å²) in [5, 5.41) is 0. The van der Waals surface area contributed by atoms with E-state index in [1.165, 1.54) is 77.6 Å². The van der Waals surface area contributed by atoms with E-state index in [9.17, 15) is 9.59 Å². The van der Waals surface area contributed by atoms with Crippen LogP contribution in [-0.4, -0.2) is 18.5 Å². The maximum absolute atomic E-state index is 12.3. The number of nitrogens with zero attached hydrogens (tertiary/aromatic N) is 1. The van der Waals surface area contributed by atoms with Crippen LogP contribution in [0.25, 0.3) is 0 Å². The summed E-state index contributed by atoms with van der Waals surface area (Å²) in [4.78, 5) is 25.0. The predicted molar refractivity (Wildman–Crippen MR) is 152 cm³/mol. The standard InChI is InChI=1S/C32H47NO4/c1-4-5-6-7-8-9-10-11-12-13-14-15-24-36-32-22-18-29(19-23-32)25-33(27(2)34)31-20-16-30(17-21-31)26-37-28(3)35/h16-23H,4-15,24-26H2,1-3H3. The van der Waals surface area contributed by atoms with Gasteiger partial charge in [-0.05, 0) is 41.8 Å². The molecule has 0 fully saturated rings. The van der Waals surface area contributed by atoms with Gasteiger partial charge in [-0.3, -0.25) is 9.59 Å². The van der Waals surface area contributed by atoms with E-state index in [0.717, 1.165) is 35.6 Å². The highest BCUT2D eigenvalue weighted by molar-refractivity contribution is 5.91. The Morgan fingerprint density at radius 3 is 1.70 bits per heavy atom. The molecule has 37 heavy (non-hydrogen) atoms. The van der Waals surface area contributed by atoms with Gasteiger partial charge in [-0.25, -0.2) is 0 Å². The van der Waals surface area contributed by atoms with Crippen molar-refractivity contribution in [3.63, 3.8) is 0 Å². The topological polar surface area (TPSA) is 55.8 Å². The van der Waals surface area contributed by atoms with Crippen molar-refractivity contribution < 1.29 is 19.1 Å². The van der Waals surface area contributed by atoms with Crippen LogP contribution in [0.3, 0.4) is 0 Å². The van der Waals surface area contributed by atoms with Crippen molar-refractivity contribution in [3.05, 3.63) is 59.7 Å². The molecule has 2 rings (SSSR count). The fourth-order valence-corrected chi connectivity index (χ4v) is 4.35. The molecule has 0 atom stereocenters. The van der Waals surface area contributed by atoms with E-state index in [-0.39, 0.29) is 18.5 Å². The monoisotopic (exact) mass is 509 g/mol. The van der Waals surface area contributed by atoms with Crippen LogP contribution in [0, 0.1) is 0 Å². The molecule has 0 aliphatic rings. The van der Waals surface area contributed by atoms with Gasteiger partial charge >= 0.3 is 5.97 Å². The minimum Gasteiger partial charge on any atom is -0.494 e. The summed E-state index contributed by atoms with van der Waals surface area (Å²) in [6.07, 6.45) is 16.0. The van der Waals surface area contributed by atoms with Crippen LogP contribution in [0.5, 0.6) is 5.75 Å². The first kappa shape index (κ1) is 30.4. The van der Waals surface area contributed by atoms with Crippen molar-refractivity contribution >= 4 is 17.6 Å². The Labute approximate surface area is 224 Å². The lowest BCUT2D eigenvalue weighted by Crippen LogP contribution is -2.27. The zero-order chi connectivity index (χ0) is 26.7. The van der Waals surface area contributed by atoms with Gasteiger partial charge in [0.25, 0.3) is 0 Å². The Morgan fingerprint density at radius 1 is 0.676 bits per heavy atom. The normalized spacial score (nSPS) is 10.8. The number of carbonyl (C=O) groups excluding carboxylic acids is 2. The SMILES string of the molecule is CCCCCCCCCCCCCCOc1ccc(CN(C(C)=O)c2ccc(COC(C)=O)cc2)cc1. The molecule has 0 heterocycles. The van der Waals surface area contributed by atoms with Crippen LogP contribution >= 0.6 is 0 Å². The average molecular weight is 510 g/mol. The molecule has 0 aromatic heterocycles. The van der Waals surface area contributed by atoms with Gasteiger partial charge < -0.3 is 14.4 Å². The predicted octanol–water partition coefficient (Wildman–Crippen LogP) is 8.38. The molecule has 204 valence electrons. The molecule has 0 N–H and O–H groups in total. The first-order valence-electron chi connectivity index (χ1n) is 14.2. The summed E-state index contributed by atoms with van der Waals surface area (Å²) >= 11 is 0. The molecule has 0 bridgehead atoms. The van der Waals surface area contributed by atoms with Gasteiger partial charge in [-0.1, -0.05) is 102 Å². The number of hydrogen-bond acceptors (Lipinski definition) is 4. The van der Waals surface area contributed by atoms with Crippen LogP contribution in [0.15, 0.2) is 48.5 Å². The van der Waals surface area contributed by atoms with Gasteiger partial charge in [-0.15, -0.1) is 0 Å². The van der Waals surface area contributed by atoms with Crippen molar-refractivity contribution in [2.24, 2.45) is 0 Å². The quantitative estimate of drug-likeness (QED) is 0.141. The van der Waals surface area contributed by atoms with E-state index < -0.39 is 0 Å². The number of amides is 1. The zero-order valence-corrected chi connectivity index (χ0v) is 23.3. The van der Waals surface area contributed by atoms with Gasteiger partial charge in [0.2, 0.25) is 5.91 Å². The third-order valence-electron chi connectivity index (χ3n) is 6.60. The molecule has 2 aromatic carbocycles. The molecular formula is C32H47NO4. The fraction of sp³-hybridized carbons (Fsp3) is 0.562. The second-order valence-electron chi connectivity index (χ2n) is 9.93. The van der Waals surface area contributed by atoms with Gasteiger partial charge in [0, 0.05) is 19.5 Å². The van der Waals surface area contributed by atoms with Crippen molar-refractivity contribution in [2.45, 2.75) is 111 Å². The van der Waals surface area contributed by atoms with Gasteiger partial charge in [-0.2, -0.15) is 0 Å². The number of unbranched alkanes of at least 4 members (excludes halogenated alkanes) is 11. The number of ether oxygens (including phenoxy) is 2. The van der Waals surface area contributed by atoms with E-state index >= 15 is 0 Å². The summed E-state index contributed by atoms with van der Waals surface area (Å²) in [5.74, 6) is 0.534. The van der Waals surface area contributed by atoms with E-state index in [0.29, 0.717) is 6.54 Å². The fourth-order valence-electron chi connectivity index (χ4n) is 4.35. The van der Waals surface area contributed by atoms with Gasteiger partial charge in [0.15, 0.2) is 0 Å². The molecule has 0 spiro atoms. The summed E-state index contributed by atoms with van der Waals surface area (Å²) in [5.41, 5.74) is 2.74. The summed E-state index contributed by atoms with van der Waals surface area (Å²) in [6.45, 7) is 6.69. The molecule has 0 aliphatic heterocycles. The maximum atomic E-state index is 12.3. The molecule has 5 nitrogen and oxygen atoms in total. The van der Waals surface area contributed by atoms with Gasteiger partial charge in [0.1, 0.15) is 12.4 Å². The highest BCUT2D eigenvalue weighted by Crippen LogP contribution is 2.21. The molecule has 0 unspecified atom stereocenters. The van der Waals surface area contributed by atoms with Gasteiger partial charge in [0.05, 0.1) is 13.2 Å². The van der Waals surface area contributed by atoms with Crippen LogP contribution in [-0.2, 0) is 27.5 Å². The van der Waals surface area contributed by atoms with Crippen LogP contribution in [0.1, 0.15) is 109 Å². The minimum absolute atomic E-state index is 0.0277. The Morgan fingerprint density at radius 2 is 1.19 bits per heavy atom. The van der Waals surface area contributed by atoms with E-state index in [2.05, 4.69) is 6.92 Å². The zero-order valence-electron chi connectivity index (χ0n) is 23.3. The number of carbonyl (C=O) groups is 2. The summed E-state index contributed by atoms with van der Waals surface area (Å²) in [7, 11) is 0. The van der Waals surface area contributed by atoms with Crippen molar-refractivity contribution in [1.82, 2.24) is 0 Å². The van der Waals surface area contributed by atoms with E-state index in [1.54, 1.807) is 11.8 Å². The van der Waals surface area contributed by atoms with Crippen LogP contribution < -0.4 is 9.64 Å². The average Bonchev–Trinajstić information content (AvgIpc) is 2.89. The molecule has 2 aromatic rings. The molecule has 0 saturated carbocycles. The summed E-state index contributed by atoms with van der Waals surface area (Å²) in [6, 6.07) is 15.5. The Balaban J connectivity index is 1.64. The van der Waals surface area contributed by atoms with Crippen molar-refractivity contribution in [3.8, 4) is 5.75 Å². The lowest BCUT2D eigenvalue weighted by Gasteiger charge is -2.22. The second-order valence-corrected chi connectivity index (χ2v) is 9.93. The van der Waals surface area contributed by atoms with Crippen molar-refractivity contribution in [2.75, 3.05) is 11.5 Å². The second kappa shape index (κ2) is 18.4. The highest BCUT2D eigenvalue weighted by Gasteiger charge is 2.12. The van der Waals surface area contributed by atoms with Crippen LogP contribution in [0.2, 0.25) is 0 Å². The minimum atomic E-state index is -0.309. The molecule has 0 saturated heterocycles. The lowest BCUT2D eigenvalue weighted by atomic mass is 10.1. The smallest absolute Gasteiger partial charge is 0.302 e. The molecular weight excluding hydrogens is 462 g/mol. The van der Waals surface area contributed by atoms with Crippen molar-refractivity contribution in [1.29, 1.82) is 0 Å². The first-order valence-corrected chi connectivity index (χ1v) is 14.2. The number of benzene rings is 2. The van der Waals surface area contributed by atoms with E-state index in [1.807, 2.05) is 48.5 Å². The first-order chi connectivity index (χ1) is 18.0. The molecule has 0 radical (unpaired) electrons. The number of anilines is 1. The Hall–Kier alpha value is -2.82. The number of esters is 1. The lowest BCUT2D eigenvalue weighted by molar-refractivity contribution is -0.142. The molecule has 1 amide bonds.